The van der Waals surface area contributed by atoms with E-state index in [9.17, 15) is 4.79 Å². The maximum Gasteiger partial charge on any atom is 0.341 e. The summed E-state index contributed by atoms with van der Waals surface area (Å²) in [4.78, 5) is 21.5. The summed E-state index contributed by atoms with van der Waals surface area (Å²) in [6.45, 7) is 4.05. The van der Waals surface area contributed by atoms with Crippen LogP contribution in [0.4, 0.5) is 0 Å². The fraction of sp³-hybridized carbons (Fsp3) is 0.267. The highest BCUT2D eigenvalue weighted by atomic mass is 16.5. The molecule has 0 amide bonds. The number of carbonyl (C=O) groups excluding carboxylic acids is 1. The lowest BCUT2D eigenvalue weighted by Gasteiger charge is -2.16. The maximum absolute atomic E-state index is 12.1. The molecule has 3 heterocycles. The van der Waals surface area contributed by atoms with Crippen LogP contribution >= 0.6 is 0 Å². The number of rotatable bonds is 11. The molecule has 2 aromatic carbocycles. The van der Waals surface area contributed by atoms with Gasteiger partial charge in [-0.1, -0.05) is 61.9 Å². The van der Waals surface area contributed by atoms with Crippen molar-refractivity contribution in [1.82, 2.24) is 30.6 Å². The first kappa shape index (κ1) is 26.7. The molecule has 0 spiro atoms. The Hall–Kier alpha value is -4.86. The molecule has 5 rings (SSSR count). The number of benzene rings is 2. The second-order valence-electron chi connectivity index (χ2n) is 9.30. The normalized spacial score (nSPS) is 11.0. The van der Waals surface area contributed by atoms with Crippen molar-refractivity contribution in [2.45, 2.75) is 46.1 Å². The van der Waals surface area contributed by atoms with Crippen molar-refractivity contribution in [2.75, 3.05) is 7.11 Å². The van der Waals surface area contributed by atoms with Gasteiger partial charge in [-0.2, -0.15) is 10.2 Å². The molecule has 0 saturated heterocycles. The van der Waals surface area contributed by atoms with E-state index in [1.54, 1.807) is 6.07 Å². The van der Waals surface area contributed by atoms with E-state index in [0.29, 0.717) is 35.3 Å². The summed E-state index contributed by atoms with van der Waals surface area (Å²) in [7, 11) is 1.33. The van der Waals surface area contributed by atoms with Gasteiger partial charge in [-0.05, 0) is 47.7 Å². The summed E-state index contributed by atoms with van der Waals surface area (Å²) < 4.78 is 16.5. The van der Waals surface area contributed by atoms with Crippen LogP contribution in [0.1, 0.15) is 58.5 Å². The van der Waals surface area contributed by atoms with E-state index in [-0.39, 0.29) is 6.61 Å². The Morgan fingerprint density at radius 3 is 2.55 bits per heavy atom. The number of nitrogens with zero attached hydrogens (tertiary/aromatic N) is 5. The number of nitrogens with one attached hydrogen (secondary N) is 1. The van der Waals surface area contributed by atoms with Crippen LogP contribution in [0, 0.1) is 6.92 Å². The number of hydrogen-bond acceptors (Lipinski definition) is 9. The number of hydrogen-bond donors (Lipinski definition) is 1. The number of unbranched alkanes of at least 4 members (excludes halogenated alkanes) is 1. The van der Waals surface area contributed by atoms with Crippen molar-refractivity contribution < 1.29 is 18.7 Å². The summed E-state index contributed by atoms with van der Waals surface area (Å²) in [5.74, 6) is 1.57. The van der Waals surface area contributed by atoms with E-state index in [1.165, 1.54) is 13.4 Å². The first-order valence-corrected chi connectivity index (χ1v) is 13.1. The number of carbonyl (C=O) groups is 1. The van der Waals surface area contributed by atoms with Gasteiger partial charge in [-0.15, -0.1) is 10.2 Å². The minimum atomic E-state index is -0.476. The molecule has 5 aromatic rings. The molecule has 0 radical (unpaired) electrons. The number of aromatic nitrogens is 6. The molecule has 0 bridgehead atoms. The second kappa shape index (κ2) is 12.3. The van der Waals surface area contributed by atoms with E-state index < -0.39 is 5.97 Å². The Labute approximate surface area is 231 Å². The van der Waals surface area contributed by atoms with Crippen molar-refractivity contribution in [2.24, 2.45) is 0 Å². The summed E-state index contributed by atoms with van der Waals surface area (Å²) in [5.41, 5.74) is 6.26. The number of aromatic amines is 1. The van der Waals surface area contributed by atoms with Crippen LogP contribution < -0.4 is 4.74 Å². The molecule has 0 aliphatic rings. The van der Waals surface area contributed by atoms with Crippen molar-refractivity contribution in [1.29, 1.82) is 0 Å². The molecule has 0 aliphatic carbocycles. The van der Waals surface area contributed by atoms with Gasteiger partial charge < -0.3 is 13.9 Å². The van der Waals surface area contributed by atoms with Crippen molar-refractivity contribution in [3.05, 3.63) is 94.8 Å². The van der Waals surface area contributed by atoms with Gasteiger partial charge in [0.1, 0.15) is 18.0 Å². The standard InChI is InChI=1S/C30H30N6O4/c1-4-5-10-26-25(29(32-19(2)31-26)40-18-27-24(15-16-39-27)30(37)38-3)17-20-11-13-21(14-12-20)22-8-6-7-9-23(22)28-33-35-36-34-28/h6-9,11-16H,4-5,10,17-18H2,1-3H3,(H,33,34,35,36). The van der Waals surface area contributed by atoms with Crippen molar-refractivity contribution in [3.8, 4) is 28.4 Å². The molecule has 204 valence electrons. The van der Waals surface area contributed by atoms with Crippen LogP contribution in [0.15, 0.2) is 65.3 Å². The topological polar surface area (TPSA) is 129 Å². The fourth-order valence-corrected chi connectivity index (χ4v) is 4.56. The van der Waals surface area contributed by atoms with Gasteiger partial charge in [0.2, 0.25) is 11.7 Å². The fourth-order valence-electron chi connectivity index (χ4n) is 4.56. The molecule has 0 saturated carbocycles. The summed E-state index contributed by atoms with van der Waals surface area (Å²) in [6.07, 6.45) is 4.89. The number of furan rings is 1. The molecule has 0 fully saturated rings. The number of aryl methyl sites for hydroxylation is 2. The summed E-state index contributed by atoms with van der Waals surface area (Å²) in [6, 6.07) is 17.9. The minimum absolute atomic E-state index is 0.0416. The maximum atomic E-state index is 12.1. The van der Waals surface area contributed by atoms with Crippen LogP contribution in [0.2, 0.25) is 0 Å². The lowest BCUT2D eigenvalue weighted by Crippen LogP contribution is -2.10. The zero-order valence-electron chi connectivity index (χ0n) is 22.7. The Kier molecular flexibility index (Phi) is 8.24. The average molecular weight is 539 g/mol. The SMILES string of the molecule is CCCCc1nc(C)nc(OCc2occc2C(=O)OC)c1Cc1ccc(-c2ccccc2-c2nn[nH]n2)cc1. The van der Waals surface area contributed by atoms with E-state index in [2.05, 4.69) is 56.8 Å². The van der Waals surface area contributed by atoms with Crippen LogP contribution in [0.25, 0.3) is 22.5 Å². The lowest BCUT2D eigenvalue weighted by molar-refractivity contribution is 0.0595. The summed E-state index contributed by atoms with van der Waals surface area (Å²) in [5, 5.41) is 14.5. The van der Waals surface area contributed by atoms with Gasteiger partial charge in [0.15, 0.2) is 5.76 Å². The van der Waals surface area contributed by atoms with Crippen LogP contribution in [0.3, 0.4) is 0 Å². The molecule has 3 aromatic heterocycles. The van der Waals surface area contributed by atoms with E-state index in [1.807, 2.05) is 31.2 Å². The van der Waals surface area contributed by atoms with Gasteiger partial charge in [0.25, 0.3) is 0 Å². The van der Waals surface area contributed by atoms with Crippen LogP contribution in [-0.2, 0) is 24.2 Å². The van der Waals surface area contributed by atoms with Gasteiger partial charge in [-0.25, -0.2) is 9.78 Å². The number of tetrazole rings is 1. The van der Waals surface area contributed by atoms with E-state index in [4.69, 9.17) is 18.9 Å². The summed E-state index contributed by atoms with van der Waals surface area (Å²) >= 11 is 0. The zero-order valence-corrected chi connectivity index (χ0v) is 22.7. The average Bonchev–Trinajstić information content (AvgIpc) is 3.69. The Bertz CT molecular complexity index is 1580. The molecule has 40 heavy (non-hydrogen) atoms. The Morgan fingerprint density at radius 1 is 1.02 bits per heavy atom. The van der Waals surface area contributed by atoms with Crippen molar-refractivity contribution in [3.63, 3.8) is 0 Å². The van der Waals surface area contributed by atoms with Crippen molar-refractivity contribution >= 4 is 5.97 Å². The number of H-pyrrole nitrogens is 1. The Morgan fingerprint density at radius 2 is 1.82 bits per heavy atom. The van der Waals surface area contributed by atoms with Crippen LogP contribution in [-0.4, -0.2) is 43.7 Å². The van der Waals surface area contributed by atoms with Gasteiger partial charge in [-0.3, -0.25) is 0 Å². The van der Waals surface area contributed by atoms with Crippen LogP contribution in [0.5, 0.6) is 5.88 Å². The third kappa shape index (κ3) is 5.90. The first-order chi connectivity index (χ1) is 19.6. The third-order valence-electron chi connectivity index (χ3n) is 6.58. The molecule has 1 N–H and O–H groups in total. The monoisotopic (exact) mass is 538 g/mol. The molecular weight excluding hydrogens is 508 g/mol. The predicted octanol–water partition coefficient (Wildman–Crippen LogP) is 5.52. The quantitative estimate of drug-likeness (QED) is 0.216. The highest BCUT2D eigenvalue weighted by Gasteiger charge is 2.19. The smallest absolute Gasteiger partial charge is 0.341 e. The molecule has 10 nitrogen and oxygen atoms in total. The number of ether oxygens (including phenoxy) is 2. The molecule has 10 heteroatoms. The predicted molar refractivity (Wildman–Crippen MR) is 148 cm³/mol. The van der Waals surface area contributed by atoms with Gasteiger partial charge >= 0.3 is 5.97 Å². The first-order valence-electron chi connectivity index (χ1n) is 13.1. The van der Waals surface area contributed by atoms with Gasteiger partial charge in [0, 0.05) is 17.5 Å². The molecule has 0 unspecified atom stereocenters. The molecule has 0 atom stereocenters. The molecule has 0 aliphatic heterocycles. The highest BCUT2D eigenvalue weighted by Crippen LogP contribution is 2.31. The number of esters is 1. The third-order valence-corrected chi connectivity index (χ3v) is 6.58. The second-order valence-corrected chi connectivity index (χ2v) is 9.30. The van der Waals surface area contributed by atoms with E-state index >= 15 is 0 Å². The van der Waals surface area contributed by atoms with E-state index in [0.717, 1.165) is 52.8 Å². The Balaban J connectivity index is 1.43. The lowest BCUT2D eigenvalue weighted by atomic mass is 9.96. The highest BCUT2D eigenvalue weighted by molar-refractivity contribution is 5.90. The van der Waals surface area contributed by atoms with Gasteiger partial charge in [0.05, 0.1) is 19.1 Å². The minimum Gasteiger partial charge on any atom is -0.469 e. The number of methoxy groups -OCH3 is 1. The largest absolute Gasteiger partial charge is 0.469 e. The molecular formula is C30H30N6O4. The zero-order chi connectivity index (χ0) is 27.9.